The fourth-order valence-corrected chi connectivity index (χ4v) is 3.35. The van der Waals surface area contributed by atoms with Gasteiger partial charge >= 0.3 is 0 Å². The third-order valence-corrected chi connectivity index (χ3v) is 4.52. The minimum absolute atomic E-state index is 0. The van der Waals surface area contributed by atoms with E-state index in [2.05, 4.69) is 31.4 Å². The number of likely N-dealkylation sites (tertiary alicyclic amines) is 1. The normalized spacial score (nSPS) is 24.9. The summed E-state index contributed by atoms with van der Waals surface area (Å²) in [5.74, 6) is 0.674. The molecule has 2 aliphatic rings. The first kappa shape index (κ1) is 20.2. The van der Waals surface area contributed by atoms with Crippen LogP contribution < -0.4 is 10.6 Å². The van der Waals surface area contributed by atoms with Crippen LogP contribution in [0.2, 0.25) is 0 Å². The summed E-state index contributed by atoms with van der Waals surface area (Å²) < 4.78 is 0. The molecule has 2 fully saturated rings. The van der Waals surface area contributed by atoms with Crippen molar-refractivity contribution in [2.75, 3.05) is 26.2 Å². The molecule has 134 valence electrons. The maximum atomic E-state index is 12.4. The zero-order valence-electron chi connectivity index (χ0n) is 14.7. The predicted molar refractivity (Wildman–Crippen MR) is 94.7 cm³/mol. The lowest BCUT2D eigenvalue weighted by atomic mass is 9.91. The lowest BCUT2D eigenvalue weighted by Gasteiger charge is -2.28. The van der Waals surface area contributed by atoms with Gasteiger partial charge in [0.1, 0.15) is 6.04 Å². The van der Waals surface area contributed by atoms with Gasteiger partial charge in [0.15, 0.2) is 0 Å². The van der Waals surface area contributed by atoms with Crippen LogP contribution in [-0.2, 0) is 9.59 Å². The van der Waals surface area contributed by atoms with Crippen LogP contribution in [0.1, 0.15) is 52.9 Å². The van der Waals surface area contributed by atoms with Crippen molar-refractivity contribution in [1.29, 1.82) is 0 Å². The van der Waals surface area contributed by atoms with Gasteiger partial charge in [0.05, 0.1) is 0 Å². The quantitative estimate of drug-likeness (QED) is 0.818. The minimum Gasteiger partial charge on any atom is -0.354 e. The lowest BCUT2D eigenvalue weighted by Crippen LogP contribution is -2.48. The highest BCUT2D eigenvalue weighted by atomic mass is 35.5. The molecular formula is C17H32ClN3O2. The van der Waals surface area contributed by atoms with E-state index >= 15 is 0 Å². The number of amides is 2. The van der Waals surface area contributed by atoms with Gasteiger partial charge in [0.25, 0.3) is 0 Å². The van der Waals surface area contributed by atoms with E-state index in [1.807, 2.05) is 0 Å². The summed E-state index contributed by atoms with van der Waals surface area (Å²) in [6, 6.07) is -0.258. The van der Waals surface area contributed by atoms with Crippen LogP contribution in [0.5, 0.6) is 0 Å². The molecule has 2 heterocycles. The van der Waals surface area contributed by atoms with Gasteiger partial charge in [-0.1, -0.05) is 20.8 Å². The second-order valence-corrected chi connectivity index (χ2v) is 7.94. The molecule has 2 saturated heterocycles. The molecule has 0 aliphatic carbocycles. The molecule has 2 unspecified atom stereocenters. The zero-order valence-corrected chi connectivity index (χ0v) is 15.5. The standard InChI is InChI=1S/C17H31N3O2.ClH/c1-17(2,3)10-15(21)20-9-5-7-14(20)16(22)19-12-13-6-4-8-18-11-13;/h13-14,18H,4-12H2,1-3H3,(H,19,22);1H. The first-order valence-electron chi connectivity index (χ1n) is 8.65. The fraction of sp³-hybridized carbons (Fsp3) is 0.882. The number of hydrogen-bond donors (Lipinski definition) is 2. The van der Waals surface area contributed by atoms with E-state index in [0.717, 1.165) is 39.0 Å². The Hall–Kier alpha value is -0.810. The summed E-state index contributed by atoms with van der Waals surface area (Å²) in [6.45, 7) is 9.70. The number of carbonyl (C=O) groups excluding carboxylic acids is 2. The molecule has 2 aliphatic heterocycles. The van der Waals surface area contributed by atoms with Crippen molar-refractivity contribution in [2.24, 2.45) is 11.3 Å². The Bertz CT molecular complexity index is 403. The van der Waals surface area contributed by atoms with Gasteiger partial charge in [-0.25, -0.2) is 0 Å². The van der Waals surface area contributed by atoms with Crippen molar-refractivity contribution < 1.29 is 9.59 Å². The summed E-state index contributed by atoms with van der Waals surface area (Å²) in [7, 11) is 0. The number of nitrogens with zero attached hydrogens (tertiary/aromatic N) is 1. The topological polar surface area (TPSA) is 61.4 Å². The molecule has 2 amide bonds. The van der Waals surface area contributed by atoms with Gasteiger partial charge in [-0.15, -0.1) is 12.4 Å². The first-order valence-corrected chi connectivity index (χ1v) is 8.65. The van der Waals surface area contributed by atoms with E-state index in [9.17, 15) is 9.59 Å². The second-order valence-electron chi connectivity index (χ2n) is 7.94. The average molecular weight is 346 g/mol. The molecule has 0 aromatic carbocycles. The molecule has 2 rings (SSSR count). The predicted octanol–water partition coefficient (Wildman–Crippen LogP) is 1.95. The number of carbonyl (C=O) groups is 2. The van der Waals surface area contributed by atoms with Crippen LogP contribution in [0.15, 0.2) is 0 Å². The van der Waals surface area contributed by atoms with Crippen LogP contribution in [0.3, 0.4) is 0 Å². The van der Waals surface area contributed by atoms with E-state index in [4.69, 9.17) is 0 Å². The summed E-state index contributed by atoms with van der Waals surface area (Å²) in [6.07, 6.45) is 4.58. The SMILES string of the molecule is CC(C)(C)CC(=O)N1CCCC1C(=O)NCC1CCCNC1.Cl. The highest BCUT2D eigenvalue weighted by Crippen LogP contribution is 2.25. The molecule has 0 aromatic rings. The van der Waals surface area contributed by atoms with Gasteiger partial charge in [-0.05, 0) is 50.1 Å². The Labute approximate surface area is 146 Å². The van der Waals surface area contributed by atoms with Crippen LogP contribution in [-0.4, -0.2) is 48.9 Å². The van der Waals surface area contributed by atoms with Crippen LogP contribution in [0, 0.1) is 11.3 Å². The van der Waals surface area contributed by atoms with Crippen molar-refractivity contribution in [3.63, 3.8) is 0 Å². The first-order chi connectivity index (χ1) is 10.4. The third kappa shape index (κ3) is 6.30. The molecule has 23 heavy (non-hydrogen) atoms. The Kier molecular flexibility index (Phi) is 7.81. The van der Waals surface area contributed by atoms with E-state index in [-0.39, 0.29) is 35.7 Å². The number of rotatable bonds is 4. The van der Waals surface area contributed by atoms with Crippen molar-refractivity contribution in [1.82, 2.24) is 15.5 Å². The molecule has 5 nitrogen and oxygen atoms in total. The molecule has 0 aromatic heterocycles. The maximum absolute atomic E-state index is 12.4. The third-order valence-electron chi connectivity index (χ3n) is 4.52. The zero-order chi connectivity index (χ0) is 16.2. The second kappa shape index (κ2) is 8.88. The van der Waals surface area contributed by atoms with Crippen LogP contribution >= 0.6 is 12.4 Å². The molecule has 2 N–H and O–H groups in total. The molecule has 2 atom stereocenters. The smallest absolute Gasteiger partial charge is 0.242 e. The largest absolute Gasteiger partial charge is 0.354 e. The molecule has 0 radical (unpaired) electrons. The van der Waals surface area contributed by atoms with E-state index in [1.54, 1.807) is 4.90 Å². The molecular weight excluding hydrogens is 314 g/mol. The Morgan fingerprint density at radius 3 is 2.57 bits per heavy atom. The highest BCUT2D eigenvalue weighted by molar-refractivity contribution is 5.88. The summed E-state index contributed by atoms with van der Waals surface area (Å²) in [5, 5.41) is 6.43. The number of halogens is 1. The molecule has 6 heteroatoms. The number of nitrogens with one attached hydrogen (secondary N) is 2. The van der Waals surface area contributed by atoms with E-state index in [0.29, 0.717) is 12.3 Å². The Balaban J connectivity index is 0.00000264. The van der Waals surface area contributed by atoms with Crippen molar-refractivity contribution in [3.05, 3.63) is 0 Å². The van der Waals surface area contributed by atoms with Gasteiger partial charge in [0.2, 0.25) is 11.8 Å². The van der Waals surface area contributed by atoms with Crippen LogP contribution in [0.25, 0.3) is 0 Å². The fourth-order valence-electron chi connectivity index (χ4n) is 3.35. The molecule has 0 bridgehead atoms. The van der Waals surface area contributed by atoms with Gasteiger partial charge in [-0.3, -0.25) is 9.59 Å². The Morgan fingerprint density at radius 1 is 1.22 bits per heavy atom. The average Bonchev–Trinajstić information content (AvgIpc) is 2.93. The summed E-state index contributed by atoms with van der Waals surface area (Å²) >= 11 is 0. The van der Waals surface area contributed by atoms with Gasteiger partial charge in [0, 0.05) is 19.5 Å². The molecule has 0 saturated carbocycles. The van der Waals surface area contributed by atoms with Gasteiger partial charge in [-0.2, -0.15) is 0 Å². The number of hydrogen-bond acceptors (Lipinski definition) is 3. The van der Waals surface area contributed by atoms with Gasteiger partial charge < -0.3 is 15.5 Å². The van der Waals surface area contributed by atoms with Crippen molar-refractivity contribution in [2.45, 2.75) is 58.9 Å². The minimum atomic E-state index is -0.258. The van der Waals surface area contributed by atoms with Crippen molar-refractivity contribution in [3.8, 4) is 0 Å². The Morgan fingerprint density at radius 2 is 1.96 bits per heavy atom. The number of piperidine rings is 1. The maximum Gasteiger partial charge on any atom is 0.242 e. The lowest BCUT2D eigenvalue weighted by molar-refractivity contribution is -0.139. The monoisotopic (exact) mass is 345 g/mol. The highest BCUT2D eigenvalue weighted by Gasteiger charge is 2.35. The summed E-state index contributed by atoms with van der Waals surface area (Å²) in [4.78, 5) is 26.7. The van der Waals surface area contributed by atoms with E-state index in [1.165, 1.54) is 12.8 Å². The van der Waals surface area contributed by atoms with E-state index < -0.39 is 0 Å². The van der Waals surface area contributed by atoms with Crippen LogP contribution in [0.4, 0.5) is 0 Å². The van der Waals surface area contributed by atoms with Crippen molar-refractivity contribution >= 4 is 24.2 Å². The molecule has 0 spiro atoms. The summed E-state index contributed by atoms with van der Waals surface area (Å²) in [5.41, 5.74) is -0.0333.